The number of carbonyl (C=O) groups is 3. The summed E-state index contributed by atoms with van der Waals surface area (Å²) in [4.78, 5) is 37.8. The second-order valence-electron chi connectivity index (χ2n) is 6.87. The number of anilines is 2. The third-order valence-electron chi connectivity index (χ3n) is 4.78. The molecule has 140 valence electrons. The second-order valence-corrected chi connectivity index (χ2v) is 6.87. The van der Waals surface area contributed by atoms with Crippen LogP contribution < -0.4 is 15.1 Å². The van der Waals surface area contributed by atoms with Crippen molar-refractivity contribution in [2.24, 2.45) is 5.92 Å². The smallest absolute Gasteiger partial charge is 0.414 e. The number of benzene rings is 1. The van der Waals surface area contributed by atoms with Crippen LogP contribution in [-0.4, -0.2) is 49.6 Å². The molecule has 1 aromatic rings. The molecule has 2 aliphatic rings. The van der Waals surface area contributed by atoms with E-state index in [1.807, 2.05) is 6.92 Å². The molecule has 3 rings (SSSR count). The van der Waals surface area contributed by atoms with Crippen molar-refractivity contribution in [3.8, 4) is 0 Å². The fourth-order valence-corrected chi connectivity index (χ4v) is 3.55. The van der Waals surface area contributed by atoms with Crippen molar-refractivity contribution in [2.45, 2.75) is 32.9 Å². The van der Waals surface area contributed by atoms with Crippen molar-refractivity contribution in [1.82, 2.24) is 5.32 Å². The first-order valence-electron chi connectivity index (χ1n) is 8.57. The molecule has 0 saturated carbocycles. The van der Waals surface area contributed by atoms with Gasteiger partial charge in [-0.05, 0) is 25.1 Å². The topological polar surface area (TPSA) is 79.0 Å². The number of nitrogens with one attached hydrogen (secondary N) is 1. The summed E-state index contributed by atoms with van der Waals surface area (Å²) in [6.45, 7) is 5.91. The lowest BCUT2D eigenvalue weighted by molar-refractivity contribution is -0.121. The molecule has 0 radical (unpaired) electrons. The van der Waals surface area contributed by atoms with Crippen LogP contribution in [0.15, 0.2) is 18.2 Å². The van der Waals surface area contributed by atoms with Gasteiger partial charge < -0.3 is 15.0 Å². The van der Waals surface area contributed by atoms with Crippen LogP contribution in [-0.2, 0) is 14.3 Å². The predicted molar refractivity (Wildman–Crippen MR) is 93.7 cm³/mol. The van der Waals surface area contributed by atoms with E-state index >= 15 is 0 Å². The Kier molecular flexibility index (Phi) is 4.84. The van der Waals surface area contributed by atoms with Gasteiger partial charge in [-0.15, -0.1) is 0 Å². The highest BCUT2D eigenvalue weighted by molar-refractivity contribution is 5.91. The van der Waals surface area contributed by atoms with E-state index in [4.69, 9.17) is 4.74 Å². The molecule has 3 atom stereocenters. The van der Waals surface area contributed by atoms with E-state index in [-0.39, 0.29) is 36.7 Å². The number of cyclic esters (lactones) is 1. The van der Waals surface area contributed by atoms with E-state index < -0.39 is 18.0 Å². The highest BCUT2D eigenvalue weighted by Gasteiger charge is 2.40. The van der Waals surface area contributed by atoms with Crippen LogP contribution in [0, 0.1) is 11.7 Å². The number of Topliss-reactive ketones (excluding diaryl/α,β-unsaturated/α-hetero) is 1. The maximum atomic E-state index is 14.6. The Balaban J connectivity index is 1.73. The molecule has 0 bridgehead atoms. The minimum atomic E-state index is -0.577. The zero-order valence-electron chi connectivity index (χ0n) is 15.0. The molecule has 8 heteroatoms. The standard InChI is InChI=1S/C18H22FN3O4/c1-10-8-22(17(10)11(2)23)16-5-4-13(6-15(16)19)21-9-14(26-18(21)25)7-20-12(3)24/h4-6,10,14,17H,7-9H2,1-3H3,(H,20,24)/t10-,14-,17-/m0/s1. The summed E-state index contributed by atoms with van der Waals surface area (Å²) in [5.41, 5.74) is 0.740. The Morgan fingerprint density at radius 3 is 2.62 bits per heavy atom. The molecule has 26 heavy (non-hydrogen) atoms. The SMILES string of the molecule is CC(=O)NC[C@H]1CN(c2ccc(N3C[C@H](C)[C@H]3C(C)=O)c(F)c2)C(=O)O1. The Morgan fingerprint density at radius 1 is 1.31 bits per heavy atom. The van der Waals surface area contributed by atoms with Gasteiger partial charge in [-0.3, -0.25) is 14.5 Å². The van der Waals surface area contributed by atoms with Gasteiger partial charge in [0.2, 0.25) is 5.91 Å². The van der Waals surface area contributed by atoms with Gasteiger partial charge in [-0.25, -0.2) is 9.18 Å². The normalized spacial score (nSPS) is 24.9. The Morgan fingerprint density at radius 2 is 2.04 bits per heavy atom. The van der Waals surface area contributed by atoms with Gasteiger partial charge in [0.05, 0.1) is 30.5 Å². The summed E-state index contributed by atoms with van der Waals surface area (Å²) in [6.07, 6.45) is -1.06. The number of ether oxygens (including phenoxy) is 1. The zero-order valence-corrected chi connectivity index (χ0v) is 15.0. The molecule has 0 aliphatic carbocycles. The lowest BCUT2D eigenvalue weighted by Crippen LogP contribution is -2.59. The number of carbonyl (C=O) groups excluding carboxylic acids is 3. The number of halogens is 1. The van der Waals surface area contributed by atoms with Crippen molar-refractivity contribution >= 4 is 29.2 Å². The first kappa shape index (κ1) is 18.2. The van der Waals surface area contributed by atoms with Gasteiger partial charge >= 0.3 is 6.09 Å². The van der Waals surface area contributed by atoms with Crippen LogP contribution in [0.2, 0.25) is 0 Å². The van der Waals surface area contributed by atoms with Gasteiger partial charge in [0, 0.05) is 19.4 Å². The van der Waals surface area contributed by atoms with Gasteiger partial charge in [-0.2, -0.15) is 0 Å². The molecule has 1 N–H and O–H groups in total. The van der Waals surface area contributed by atoms with Gasteiger partial charge in [0.1, 0.15) is 11.9 Å². The van der Waals surface area contributed by atoms with Crippen LogP contribution in [0.1, 0.15) is 20.8 Å². The number of ketones is 1. The molecular weight excluding hydrogens is 341 g/mol. The molecular formula is C18H22FN3O4. The second kappa shape index (κ2) is 6.93. The van der Waals surface area contributed by atoms with E-state index in [9.17, 15) is 18.8 Å². The average molecular weight is 363 g/mol. The average Bonchev–Trinajstić information content (AvgIpc) is 2.91. The highest BCUT2D eigenvalue weighted by Crippen LogP contribution is 2.35. The molecule has 0 aromatic heterocycles. The first-order chi connectivity index (χ1) is 12.3. The summed E-state index contributed by atoms with van der Waals surface area (Å²) >= 11 is 0. The lowest BCUT2D eigenvalue weighted by atomic mass is 9.87. The highest BCUT2D eigenvalue weighted by atomic mass is 19.1. The molecule has 2 saturated heterocycles. The van der Waals surface area contributed by atoms with Crippen molar-refractivity contribution in [3.05, 3.63) is 24.0 Å². The number of hydrogen-bond donors (Lipinski definition) is 1. The van der Waals surface area contributed by atoms with Gasteiger partial charge in [0.25, 0.3) is 0 Å². The lowest BCUT2D eigenvalue weighted by Gasteiger charge is -2.47. The Labute approximate surface area is 151 Å². The van der Waals surface area contributed by atoms with Crippen molar-refractivity contribution < 1.29 is 23.5 Å². The molecule has 0 unspecified atom stereocenters. The maximum absolute atomic E-state index is 14.6. The monoisotopic (exact) mass is 363 g/mol. The fourth-order valence-electron chi connectivity index (χ4n) is 3.55. The third kappa shape index (κ3) is 3.36. The van der Waals surface area contributed by atoms with Crippen molar-refractivity contribution in [3.63, 3.8) is 0 Å². The summed E-state index contributed by atoms with van der Waals surface area (Å²) in [5, 5.41) is 2.59. The molecule has 0 spiro atoms. The molecule has 7 nitrogen and oxygen atoms in total. The number of nitrogens with zero attached hydrogens (tertiary/aromatic N) is 2. The van der Waals surface area contributed by atoms with Crippen LogP contribution in [0.3, 0.4) is 0 Å². The largest absolute Gasteiger partial charge is 0.442 e. The predicted octanol–water partition coefficient (Wildman–Crippen LogP) is 1.70. The molecule has 2 amide bonds. The number of hydrogen-bond acceptors (Lipinski definition) is 5. The molecule has 2 aliphatic heterocycles. The fraction of sp³-hybridized carbons (Fsp3) is 0.500. The minimum absolute atomic E-state index is 0.0103. The van der Waals surface area contributed by atoms with E-state index in [1.54, 1.807) is 17.0 Å². The van der Waals surface area contributed by atoms with Crippen LogP contribution in [0.5, 0.6) is 0 Å². The van der Waals surface area contributed by atoms with Gasteiger partial charge in [-0.1, -0.05) is 6.92 Å². The summed E-state index contributed by atoms with van der Waals surface area (Å²) in [5.74, 6) is -0.497. The molecule has 1 aromatic carbocycles. The zero-order chi connectivity index (χ0) is 19.0. The summed E-state index contributed by atoms with van der Waals surface area (Å²) in [7, 11) is 0. The maximum Gasteiger partial charge on any atom is 0.414 e. The van der Waals surface area contributed by atoms with Crippen LogP contribution >= 0.6 is 0 Å². The van der Waals surface area contributed by atoms with E-state index in [0.29, 0.717) is 17.9 Å². The molecule has 2 fully saturated rings. The van der Waals surface area contributed by atoms with E-state index in [0.717, 1.165) is 0 Å². The Bertz CT molecular complexity index is 754. The quantitative estimate of drug-likeness (QED) is 0.861. The van der Waals surface area contributed by atoms with E-state index in [2.05, 4.69) is 5.32 Å². The molecule has 2 heterocycles. The van der Waals surface area contributed by atoms with E-state index in [1.165, 1.54) is 24.8 Å². The van der Waals surface area contributed by atoms with Crippen LogP contribution in [0.4, 0.5) is 20.6 Å². The summed E-state index contributed by atoms with van der Waals surface area (Å²) in [6, 6.07) is 4.19. The first-order valence-corrected chi connectivity index (χ1v) is 8.57. The Hall–Kier alpha value is -2.64. The van der Waals surface area contributed by atoms with Crippen molar-refractivity contribution in [2.75, 3.05) is 29.4 Å². The summed E-state index contributed by atoms with van der Waals surface area (Å²) < 4.78 is 19.8. The van der Waals surface area contributed by atoms with Crippen molar-refractivity contribution in [1.29, 1.82) is 0 Å². The number of amides is 2. The van der Waals surface area contributed by atoms with Gasteiger partial charge in [0.15, 0.2) is 5.78 Å². The number of rotatable bonds is 5. The van der Waals surface area contributed by atoms with Crippen LogP contribution in [0.25, 0.3) is 0 Å². The third-order valence-corrected chi connectivity index (χ3v) is 4.78. The minimum Gasteiger partial charge on any atom is -0.442 e.